The molecule has 0 bridgehead atoms. The molecular weight excluding hydrogens is 362 g/mol. The van der Waals surface area contributed by atoms with Gasteiger partial charge in [-0.2, -0.15) is 0 Å². The van der Waals surface area contributed by atoms with Crippen LogP contribution in [0.25, 0.3) is 10.9 Å². The topological polar surface area (TPSA) is 19.4 Å². The molecule has 0 amide bonds. The third-order valence-electron chi connectivity index (χ3n) is 4.17. The third kappa shape index (κ3) is 5.82. The Hall–Kier alpha value is -1.55. The van der Waals surface area contributed by atoms with Gasteiger partial charge >= 0.3 is 0 Å². The Balaban J connectivity index is 0.000000236. The van der Waals surface area contributed by atoms with Crippen molar-refractivity contribution in [2.75, 3.05) is 13.1 Å². The van der Waals surface area contributed by atoms with Gasteiger partial charge in [0.15, 0.2) is 0 Å². The van der Waals surface area contributed by atoms with Gasteiger partial charge in [0.2, 0.25) is 0 Å². The minimum Gasteiger partial charge on any atom is -0.356 e. The van der Waals surface area contributed by atoms with Crippen LogP contribution < -0.4 is 0 Å². The van der Waals surface area contributed by atoms with Crippen LogP contribution in [0.3, 0.4) is 0 Å². The standard InChI is InChI=1S/C11H22N2.C9H7N.BrH/c1-4-6-8-13-10-9-12(7-5-2)11(13)3;1-2-6-9-8(4-1)5-3-7-10-9;/h9-11H,4-8H2,1-3H3;1-7H;1H. The summed E-state index contributed by atoms with van der Waals surface area (Å²) in [6, 6.07) is 12.1. The van der Waals surface area contributed by atoms with E-state index in [1.54, 1.807) is 0 Å². The Bertz CT molecular complexity index is 549. The number of aromatic nitrogens is 1. The zero-order chi connectivity index (χ0) is 16.5. The summed E-state index contributed by atoms with van der Waals surface area (Å²) in [6.45, 7) is 9.14. The molecule has 3 rings (SSSR count). The lowest BCUT2D eigenvalue weighted by Gasteiger charge is -2.29. The lowest BCUT2D eigenvalue weighted by atomic mass is 10.2. The molecule has 1 aliphatic heterocycles. The average Bonchev–Trinajstić information content (AvgIpc) is 2.94. The minimum atomic E-state index is 0. The number of halogens is 1. The molecule has 0 radical (unpaired) electrons. The van der Waals surface area contributed by atoms with Gasteiger partial charge in [0, 0.05) is 37.1 Å². The Morgan fingerprint density at radius 1 is 0.917 bits per heavy atom. The van der Waals surface area contributed by atoms with Gasteiger partial charge < -0.3 is 9.80 Å². The monoisotopic (exact) mass is 391 g/mol. The van der Waals surface area contributed by atoms with Crippen LogP contribution in [0.15, 0.2) is 55.0 Å². The van der Waals surface area contributed by atoms with Crippen LogP contribution in [0.2, 0.25) is 0 Å². The van der Waals surface area contributed by atoms with Crippen molar-refractivity contribution in [3.63, 3.8) is 0 Å². The van der Waals surface area contributed by atoms with Crippen LogP contribution in [0.5, 0.6) is 0 Å². The lowest BCUT2D eigenvalue weighted by molar-refractivity contribution is 0.168. The van der Waals surface area contributed by atoms with Crippen LogP contribution >= 0.6 is 17.0 Å². The quantitative estimate of drug-likeness (QED) is 0.675. The predicted octanol–water partition coefficient (Wildman–Crippen LogP) is 5.44. The first-order chi connectivity index (χ1) is 11.3. The highest BCUT2D eigenvalue weighted by Gasteiger charge is 2.19. The minimum absolute atomic E-state index is 0. The van der Waals surface area contributed by atoms with Crippen molar-refractivity contribution in [1.29, 1.82) is 0 Å². The second kappa shape index (κ2) is 11.1. The molecule has 1 atom stereocenters. The lowest BCUT2D eigenvalue weighted by Crippen LogP contribution is -2.36. The van der Waals surface area contributed by atoms with Crippen molar-refractivity contribution in [3.8, 4) is 0 Å². The number of rotatable bonds is 5. The molecule has 0 saturated carbocycles. The SMILES string of the molecule is Br.CCCCN1C=CN(CCC)C1C.c1ccc2ncccc2c1. The number of benzene rings is 1. The van der Waals surface area contributed by atoms with Crippen LogP contribution in [-0.4, -0.2) is 34.0 Å². The summed E-state index contributed by atoms with van der Waals surface area (Å²) < 4.78 is 0. The molecule has 0 fully saturated rings. The Kier molecular flexibility index (Phi) is 9.46. The molecule has 2 heterocycles. The van der Waals surface area contributed by atoms with E-state index in [-0.39, 0.29) is 17.0 Å². The van der Waals surface area contributed by atoms with Gasteiger partial charge in [0.25, 0.3) is 0 Å². The first-order valence-electron chi connectivity index (χ1n) is 8.75. The van der Waals surface area contributed by atoms with Crippen molar-refractivity contribution < 1.29 is 0 Å². The highest BCUT2D eigenvalue weighted by atomic mass is 79.9. The zero-order valence-corrected chi connectivity index (χ0v) is 16.8. The van der Waals surface area contributed by atoms with Gasteiger partial charge in [-0.15, -0.1) is 17.0 Å². The molecule has 1 unspecified atom stereocenters. The molecule has 1 aromatic carbocycles. The summed E-state index contributed by atoms with van der Waals surface area (Å²) in [6.07, 6.45) is 10.7. The number of pyridine rings is 1. The summed E-state index contributed by atoms with van der Waals surface area (Å²) in [5.74, 6) is 0. The maximum absolute atomic E-state index is 4.18. The maximum atomic E-state index is 4.18. The zero-order valence-electron chi connectivity index (χ0n) is 15.1. The predicted molar refractivity (Wildman–Crippen MR) is 109 cm³/mol. The smallest absolute Gasteiger partial charge is 0.0977 e. The van der Waals surface area contributed by atoms with Crippen LogP contribution in [0.4, 0.5) is 0 Å². The van der Waals surface area contributed by atoms with E-state index in [1.165, 1.54) is 37.7 Å². The number of nitrogens with zero attached hydrogens (tertiary/aromatic N) is 3. The van der Waals surface area contributed by atoms with Crippen molar-refractivity contribution in [2.24, 2.45) is 0 Å². The van der Waals surface area contributed by atoms with Gasteiger partial charge in [0.05, 0.1) is 11.7 Å². The van der Waals surface area contributed by atoms with E-state index in [0.717, 1.165) is 5.52 Å². The third-order valence-corrected chi connectivity index (χ3v) is 4.17. The van der Waals surface area contributed by atoms with Gasteiger partial charge in [0.1, 0.15) is 0 Å². The molecule has 132 valence electrons. The summed E-state index contributed by atoms with van der Waals surface area (Å²) in [5, 5.41) is 1.20. The molecule has 1 aromatic heterocycles. The number of fused-ring (bicyclic) bond motifs is 1. The molecule has 0 N–H and O–H groups in total. The largest absolute Gasteiger partial charge is 0.356 e. The van der Waals surface area contributed by atoms with Gasteiger partial charge in [-0.25, -0.2) is 0 Å². The van der Waals surface area contributed by atoms with E-state index in [9.17, 15) is 0 Å². The first kappa shape index (κ1) is 20.5. The highest BCUT2D eigenvalue weighted by molar-refractivity contribution is 8.93. The molecule has 3 nitrogen and oxygen atoms in total. The second-order valence-electron chi connectivity index (χ2n) is 5.96. The van der Waals surface area contributed by atoms with Crippen molar-refractivity contribution >= 4 is 27.9 Å². The van der Waals surface area contributed by atoms with Crippen LogP contribution in [0.1, 0.15) is 40.0 Å². The molecule has 1 aliphatic rings. The molecule has 24 heavy (non-hydrogen) atoms. The van der Waals surface area contributed by atoms with E-state index in [4.69, 9.17) is 0 Å². The average molecular weight is 392 g/mol. The molecule has 0 spiro atoms. The summed E-state index contributed by atoms with van der Waals surface area (Å²) in [5.41, 5.74) is 1.06. The molecular formula is C20H30BrN3. The van der Waals surface area contributed by atoms with E-state index in [0.29, 0.717) is 6.17 Å². The Labute approximate surface area is 157 Å². The van der Waals surface area contributed by atoms with Gasteiger partial charge in [-0.05, 0) is 31.9 Å². The van der Waals surface area contributed by atoms with E-state index >= 15 is 0 Å². The molecule has 2 aromatic rings. The van der Waals surface area contributed by atoms with Crippen LogP contribution in [0, 0.1) is 0 Å². The Morgan fingerprint density at radius 2 is 1.58 bits per heavy atom. The fourth-order valence-electron chi connectivity index (χ4n) is 2.75. The van der Waals surface area contributed by atoms with Gasteiger partial charge in [-0.3, -0.25) is 4.98 Å². The number of unbranched alkanes of at least 4 members (excludes halogenated alkanes) is 1. The number of hydrogen-bond donors (Lipinski definition) is 0. The fourth-order valence-corrected chi connectivity index (χ4v) is 2.75. The Morgan fingerprint density at radius 3 is 2.25 bits per heavy atom. The highest BCUT2D eigenvalue weighted by Crippen LogP contribution is 2.16. The maximum Gasteiger partial charge on any atom is 0.0977 e. The molecule has 0 saturated heterocycles. The number of para-hydroxylation sites is 1. The van der Waals surface area contributed by atoms with Crippen molar-refractivity contribution in [2.45, 2.75) is 46.2 Å². The van der Waals surface area contributed by atoms with Crippen molar-refractivity contribution in [1.82, 2.24) is 14.8 Å². The first-order valence-corrected chi connectivity index (χ1v) is 8.75. The van der Waals surface area contributed by atoms with E-state index < -0.39 is 0 Å². The fraction of sp³-hybridized carbons (Fsp3) is 0.450. The second-order valence-corrected chi connectivity index (χ2v) is 5.96. The summed E-state index contributed by atoms with van der Waals surface area (Å²) in [4.78, 5) is 9.02. The van der Waals surface area contributed by atoms with Crippen molar-refractivity contribution in [3.05, 3.63) is 55.0 Å². The summed E-state index contributed by atoms with van der Waals surface area (Å²) in [7, 11) is 0. The number of hydrogen-bond acceptors (Lipinski definition) is 3. The van der Waals surface area contributed by atoms with E-state index in [2.05, 4.69) is 60.1 Å². The van der Waals surface area contributed by atoms with Gasteiger partial charge in [-0.1, -0.05) is 44.5 Å². The van der Waals surface area contributed by atoms with E-state index in [1.807, 2.05) is 30.5 Å². The summed E-state index contributed by atoms with van der Waals surface area (Å²) >= 11 is 0. The van der Waals surface area contributed by atoms with Crippen LogP contribution in [-0.2, 0) is 0 Å². The normalized spacial score (nSPS) is 15.9. The molecule has 4 heteroatoms. The molecule has 0 aliphatic carbocycles.